The first-order chi connectivity index (χ1) is 15.9. The first-order valence-electron chi connectivity index (χ1n) is 10.0. The van der Waals surface area contributed by atoms with E-state index in [0.717, 1.165) is 0 Å². The number of hydrogen-bond donors (Lipinski definition) is 2. The summed E-state index contributed by atoms with van der Waals surface area (Å²) in [6, 6.07) is 8.81. The predicted octanol–water partition coefficient (Wildman–Crippen LogP) is 3.33. The van der Waals surface area contributed by atoms with Crippen LogP contribution in [0.1, 0.15) is 25.0 Å². The van der Waals surface area contributed by atoms with Crippen molar-refractivity contribution in [1.29, 1.82) is 5.26 Å². The molecule has 1 aliphatic carbocycles. The number of nitriles is 1. The van der Waals surface area contributed by atoms with Gasteiger partial charge in [0.1, 0.15) is 11.3 Å². The molecular formula is C21H19ClN8O3. The minimum absolute atomic E-state index is 0.205. The van der Waals surface area contributed by atoms with Gasteiger partial charge in [0.25, 0.3) is 0 Å². The molecule has 1 fully saturated rings. The molecule has 12 heteroatoms. The van der Waals surface area contributed by atoms with E-state index in [0.29, 0.717) is 29.1 Å². The molecule has 3 aromatic rings. The zero-order valence-corrected chi connectivity index (χ0v) is 18.4. The number of ether oxygens (including phenoxy) is 1. The Morgan fingerprint density at radius 3 is 2.79 bits per heavy atom. The highest BCUT2D eigenvalue weighted by molar-refractivity contribution is 6.30. The van der Waals surface area contributed by atoms with Gasteiger partial charge in [0.15, 0.2) is 11.5 Å². The minimum Gasteiger partial charge on any atom is -0.441 e. The summed E-state index contributed by atoms with van der Waals surface area (Å²) in [4.78, 5) is 32.9. The molecule has 0 aromatic carbocycles. The predicted molar refractivity (Wildman–Crippen MR) is 118 cm³/mol. The molecule has 3 aromatic heterocycles. The van der Waals surface area contributed by atoms with E-state index in [-0.39, 0.29) is 28.7 Å². The van der Waals surface area contributed by atoms with Gasteiger partial charge >= 0.3 is 6.09 Å². The van der Waals surface area contributed by atoms with E-state index in [4.69, 9.17) is 21.6 Å². The fourth-order valence-electron chi connectivity index (χ4n) is 3.19. The first kappa shape index (κ1) is 22.2. The minimum atomic E-state index is -0.727. The van der Waals surface area contributed by atoms with Crippen LogP contribution < -0.4 is 10.6 Å². The third kappa shape index (κ3) is 4.91. The van der Waals surface area contributed by atoms with Crippen molar-refractivity contribution in [2.45, 2.75) is 19.4 Å². The molecule has 33 heavy (non-hydrogen) atoms. The number of nitrogens with one attached hydrogen (secondary N) is 2. The van der Waals surface area contributed by atoms with Crippen molar-refractivity contribution in [1.82, 2.24) is 25.0 Å². The Labute approximate surface area is 193 Å². The van der Waals surface area contributed by atoms with Crippen molar-refractivity contribution in [3.8, 4) is 17.5 Å². The summed E-state index contributed by atoms with van der Waals surface area (Å²) >= 11 is 6.06. The van der Waals surface area contributed by atoms with Crippen molar-refractivity contribution in [2.24, 2.45) is 18.9 Å². The van der Waals surface area contributed by atoms with Crippen LogP contribution in [0.25, 0.3) is 11.4 Å². The average Bonchev–Trinajstić information content (AvgIpc) is 3.52. The zero-order valence-electron chi connectivity index (χ0n) is 17.7. The average molecular weight is 467 g/mol. The monoisotopic (exact) mass is 466 g/mol. The summed E-state index contributed by atoms with van der Waals surface area (Å²) in [7, 11) is 1.61. The fourth-order valence-corrected chi connectivity index (χ4v) is 3.46. The third-order valence-electron chi connectivity index (χ3n) is 5.12. The normalized spacial score (nSPS) is 17.5. The summed E-state index contributed by atoms with van der Waals surface area (Å²) in [5.74, 6) is -0.422. The van der Waals surface area contributed by atoms with Crippen LogP contribution in [0.4, 0.5) is 16.3 Å². The first-order valence-corrected chi connectivity index (χ1v) is 10.4. The molecule has 11 nitrogen and oxygen atoms in total. The molecule has 0 bridgehead atoms. The highest BCUT2D eigenvalue weighted by Crippen LogP contribution is 2.38. The fraction of sp³-hybridized carbons (Fsp3) is 0.286. The lowest BCUT2D eigenvalue weighted by Gasteiger charge is -2.15. The highest BCUT2D eigenvalue weighted by atomic mass is 35.5. The van der Waals surface area contributed by atoms with Crippen molar-refractivity contribution >= 4 is 35.1 Å². The molecule has 168 valence electrons. The SMILES string of the molecule is C[C@@H](OC(=O)Nc1c(-c2ccc(NC(=O)[C@@H]3C[C@H]3C#N)cn2)nnn1C)c1cccnc1Cl. The standard InChI is InChI=1S/C21H19ClN8O3/c1-11(14-4-3-7-24-18(14)22)33-21(32)27-19-17(28-29-30(19)2)16-6-5-13(10-25-16)26-20(31)15-8-12(15)9-23/h3-7,10-12,15H,8H2,1-2H3,(H,26,31)(H,27,32)/t11-,12+,15-/m1/s1. The molecule has 1 saturated carbocycles. The van der Waals surface area contributed by atoms with E-state index in [9.17, 15) is 9.59 Å². The van der Waals surface area contributed by atoms with E-state index in [1.54, 1.807) is 44.4 Å². The molecule has 0 unspecified atom stereocenters. The lowest BCUT2D eigenvalue weighted by Crippen LogP contribution is -2.18. The Balaban J connectivity index is 1.43. The molecule has 2 amide bonds. The van der Waals surface area contributed by atoms with Gasteiger partial charge in [0, 0.05) is 18.8 Å². The van der Waals surface area contributed by atoms with Crippen LogP contribution in [0.15, 0.2) is 36.7 Å². The number of aromatic nitrogens is 5. The summed E-state index contributed by atoms with van der Waals surface area (Å²) in [5, 5.41) is 22.5. The molecule has 0 spiro atoms. The van der Waals surface area contributed by atoms with E-state index in [1.165, 1.54) is 10.9 Å². The van der Waals surface area contributed by atoms with Crippen LogP contribution in [-0.4, -0.2) is 37.0 Å². The lowest BCUT2D eigenvalue weighted by atomic mass is 10.2. The van der Waals surface area contributed by atoms with Crippen LogP contribution in [0.5, 0.6) is 0 Å². The van der Waals surface area contributed by atoms with Crippen LogP contribution in [-0.2, 0) is 16.6 Å². The van der Waals surface area contributed by atoms with Gasteiger partial charge in [-0.2, -0.15) is 5.26 Å². The van der Waals surface area contributed by atoms with E-state index >= 15 is 0 Å². The Morgan fingerprint density at radius 1 is 1.30 bits per heavy atom. The summed E-state index contributed by atoms with van der Waals surface area (Å²) in [6.45, 7) is 1.68. The number of nitrogens with zero attached hydrogens (tertiary/aromatic N) is 6. The van der Waals surface area contributed by atoms with Crippen LogP contribution in [0, 0.1) is 23.2 Å². The topological polar surface area (TPSA) is 148 Å². The molecule has 0 radical (unpaired) electrons. The molecule has 3 heterocycles. The van der Waals surface area contributed by atoms with Crippen molar-refractivity contribution in [3.63, 3.8) is 0 Å². The molecule has 0 aliphatic heterocycles. The largest absolute Gasteiger partial charge is 0.441 e. The van der Waals surface area contributed by atoms with Gasteiger partial charge < -0.3 is 10.1 Å². The molecule has 1 aliphatic rings. The maximum Gasteiger partial charge on any atom is 0.413 e. The number of carbonyl (C=O) groups is 2. The zero-order chi connectivity index (χ0) is 23.5. The van der Waals surface area contributed by atoms with E-state index in [2.05, 4.69) is 37.0 Å². The molecular weight excluding hydrogens is 448 g/mol. The van der Waals surface area contributed by atoms with Crippen molar-refractivity contribution in [3.05, 3.63) is 47.4 Å². The van der Waals surface area contributed by atoms with Crippen molar-refractivity contribution < 1.29 is 14.3 Å². The van der Waals surface area contributed by atoms with E-state index < -0.39 is 12.2 Å². The van der Waals surface area contributed by atoms with Gasteiger partial charge in [-0.1, -0.05) is 22.9 Å². The Morgan fingerprint density at radius 2 is 2.12 bits per heavy atom. The van der Waals surface area contributed by atoms with Gasteiger partial charge in [-0.15, -0.1) is 5.10 Å². The number of pyridine rings is 2. The quantitative estimate of drug-likeness (QED) is 0.525. The maximum absolute atomic E-state index is 12.5. The highest BCUT2D eigenvalue weighted by Gasteiger charge is 2.43. The molecule has 4 rings (SSSR count). The molecule has 0 saturated heterocycles. The number of rotatable bonds is 6. The second kappa shape index (κ2) is 9.22. The number of amides is 2. The lowest BCUT2D eigenvalue weighted by molar-refractivity contribution is -0.117. The van der Waals surface area contributed by atoms with Gasteiger partial charge in [-0.3, -0.25) is 15.1 Å². The maximum atomic E-state index is 12.5. The number of anilines is 2. The number of carbonyl (C=O) groups excluding carboxylic acids is 2. The summed E-state index contributed by atoms with van der Waals surface area (Å²) < 4.78 is 6.79. The third-order valence-corrected chi connectivity index (χ3v) is 5.44. The van der Waals surface area contributed by atoms with Gasteiger partial charge in [0.05, 0.1) is 35.5 Å². The van der Waals surface area contributed by atoms with E-state index in [1.807, 2.05) is 0 Å². The Bertz CT molecular complexity index is 1240. The summed E-state index contributed by atoms with van der Waals surface area (Å²) in [5.41, 5.74) is 1.82. The molecule has 3 atom stereocenters. The van der Waals surface area contributed by atoms with Gasteiger partial charge in [-0.25, -0.2) is 14.5 Å². The Kier molecular flexibility index (Phi) is 6.19. The van der Waals surface area contributed by atoms with Crippen LogP contribution in [0.3, 0.4) is 0 Å². The number of hydrogen-bond acceptors (Lipinski definition) is 8. The second-order valence-electron chi connectivity index (χ2n) is 7.47. The molecule has 2 N–H and O–H groups in total. The smallest absolute Gasteiger partial charge is 0.413 e. The summed E-state index contributed by atoms with van der Waals surface area (Å²) in [6.07, 6.45) is 2.23. The van der Waals surface area contributed by atoms with Crippen molar-refractivity contribution in [2.75, 3.05) is 10.6 Å². The van der Waals surface area contributed by atoms with Gasteiger partial charge in [0.2, 0.25) is 5.91 Å². The number of aryl methyl sites for hydroxylation is 1. The van der Waals surface area contributed by atoms with Crippen LogP contribution >= 0.6 is 11.6 Å². The Hall–Kier alpha value is -4.04. The van der Waals surface area contributed by atoms with Gasteiger partial charge in [-0.05, 0) is 31.5 Å². The van der Waals surface area contributed by atoms with Crippen LogP contribution in [0.2, 0.25) is 5.15 Å². The second-order valence-corrected chi connectivity index (χ2v) is 7.82. The number of halogens is 1.